The first-order valence-electron chi connectivity index (χ1n) is 5.15. The lowest BCUT2D eigenvalue weighted by atomic mass is 9.94. The van der Waals surface area contributed by atoms with E-state index in [1.165, 1.54) is 18.6 Å². The van der Waals surface area contributed by atoms with E-state index in [1.54, 1.807) is 0 Å². The molecule has 12 heavy (non-hydrogen) atoms. The fourth-order valence-corrected chi connectivity index (χ4v) is 1.86. The van der Waals surface area contributed by atoms with Gasteiger partial charge >= 0.3 is 0 Å². The molecule has 1 atom stereocenters. The van der Waals surface area contributed by atoms with Crippen LogP contribution in [0.4, 0.5) is 0 Å². The molecule has 74 valence electrons. The van der Waals surface area contributed by atoms with E-state index in [2.05, 4.69) is 46.4 Å². The van der Waals surface area contributed by atoms with Gasteiger partial charge in [0.25, 0.3) is 0 Å². The van der Waals surface area contributed by atoms with Crippen LogP contribution < -0.4 is 0 Å². The van der Waals surface area contributed by atoms with E-state index in [0.29, 0.717) is 0 Å². The summed E-state index contributed by atoms with van der Waals surface area (Å²) in [4.78, 5) is 0. The molecule has 0 aromatic carbocycles. The van der Waals surface area contributed by atoms with Gasteiger partial charge < -0.3 is 0 Å². The second-order valence-corrected chi connectivity index (χ2v) is 5.97. The van der Waals surface area contributed by atoms with Gasteiger partial charge in [-0.2, -0.15) is 11.8 Å². The fraction of sp³-hybridized carbons (Fsp3) is 1.00. The van der Waals surface area contributed by atoms with Gasteiger partial charge in [0.1, 0.15) is 0 Å². The average Bonchev–Trinajstić information content (AvgIpc) is 1.97. The summed E-state index contributed by atoms with van der Waals surface area (Å²) in [6.07, 6.45) is 2.79. The van der Waals surface area contributed by atoms with Crippen LogP contribution in [0.2, 0.25) is 0 Å². The van der Waals surface area contributed by atoms with Crippen molar-refractivity contribution in [3.63, 3.8) is 0 Å². The predicted molar refractivity (Wildman–Crippen MR) is 60.8 cm³/mol. The third-order valence-electron chi connectivity index (χ3n) is 2.39. The van der Waals surface area contributed by atoms with E-state index in [4.69, 9.17) is 0 Å². The highest BCUT2D eigenvalue weighted by atomic mass is 32.2. The van der Waals surface area contributed by atoms with Crippen molar-refractivity contribution in [1.29, 1.82) is 0 Å². The van der Waals surface area contributed by atoms with Gasteiger partial charge in [-0.05, 0) is 35.7 Å². The van der Waals surface area contributed by atoms with Gasteiger partial charge in [0.2, 0.25) is 0 Å². The molecule has 1 heteroatoms. The number of hydrogen-bond donors (Lipinski definition) is 0. The highest BCUT2D eigenvalue weighted by Gasteiger charge is 2.06. The van der Waals surface area contributed by atoms with Crippen molar-refractivity contribution >= 4 is 11.8 Å². The minimum absolute atomic E-state index is 0.805. The number of hydrogen-bond acceptors (Lipinski definition) is 1. The van der Waals surface area contributed by atoms with Crippen LogP contribution in [0.1, 0.15) is 47.5 Å². The van der Waals surface area contributed by atoms with E-state index in [-0.39, 0.29) is 0 Å². The molecule has 0 nitrogen and oxygen atoms in total. The first-order chi connectivity index (χ1) is 5.54. The molecule has 0 aliphatic rings. The Morgan fingerprint density at radius 3 is 2.00 bits per heavy atom. The Morgan fingerprint density at radius 2 is 1.58 bits per heavy atom. The number of rotatable bonds is 6. The van der Waals surface area contributed by atoms with Crippen molar-refractivity contribution in [3.05, 3.63) is 0 Å². The Balaban J connectivity index is 3.20. The van der Waals surface area contributed by atoms with Crippen LogP contribution in [0, 0.1) is 11.8 Å². The van der Waals surface area contributed by atoms with Gasteiger partial charge in [0.15, 0.2) is 0 Å². The minimum Gasteiger partial charge on any atom is -0.159 e. The molecule has 0 aliphatic carbocycles. The van der Waals surface area contributed by atoms with E-state index < -0.39 is 0 Å². The monoisotopic (exact) mass is 188 g/mol. The van der Waals surface area contributed by atoms with E-state index >= 15 is 0 Å². The van der Waals surface area contributed by atoms with Crippen molar-refractivity contribution in [2.24, 2.45) is 11.8 Å². The molecule has 0 spiro atoms. The van der Waals surface area contributed by atoms with Gasteiger partial charge in [0, 0.05) is 0 Å². The zero-order chi connectivity index (χ0) is 9.56. The Labute approximate surface area is 82.5 Å². The van der Waals surface area contributed by atoms with Crippen LogP contribution in [0.15, 0.2) is 0 Å². The van der Waals surface area contributed by atoms with Crippen LogP contribution >= 0.6 is 11.8 Å². The highest BCUT2D eigenvalue weighted by Crippen LogP contribution is 2.19. The Morgan fingerprint density at radius 1 is 1.00 bits per heavy atom. The van der Waals surface area contributed by atoms with Crippen LogP contribution in [0.5, 0.6) is 0 Å². The zero-order valence-corrected chi connectivity index (χ0v) is 10.1. The number of thioether (sulfide) groups is 1. The molecule has 0 unspecified atom stereocenters. The van der Waals surface area contributed by atoms with Gasteiger partial charge in [-0.1, -0.05) is 34.6 Å². The quantitative estimate of drug-likeness (QED) is 0.563. The van der Waals surface area contributed by atoms with Crippen LogP contribution in [0.3, 0.4) is 0 Å². The average molecular weight is 188 g/mol. The zero-order valence-electron chi connectivity index (χ0n) is 9.26. The first kappa shape index (κ1) is 12.3. The highest BCUT2D eigenvalue weighted by molar-refractivity contribution is 7.99. The molecule has 0 radical (unpaired) electrons. The summed E-state index contributed by atoms with van der Waals surface area (Å²) in [5.41, 5.74) is 0. The van der Waals surface area contributed by atoms with Gasteiger partial charge in [0.05, 0.1) is 0 Å². The normalized spacial score (nSPS) is 14.2. The molecule has 0 heterocycles. The third-order valence-corrected chi connectivity index (χ3v) is 3.58. The second kappa shape index (κ2) is 6.82. The molecule has 0 bridgehead atoms. The van der Waals surface area contributed by atoms with Crippen molar-refractivity contribution in [2.45, 2.75) is 52.7 Å². The minimum atomic E-state index is 0.805. The molecular weight excluding hydrogens is 164 g/mol. The topological polar surface area (TPSA) is 0 Å². The predicted octanol–water partition coefficient (Wildman–Crippen LogP) is 4.20. The van der Waals surface area contributed by atoms with Crippen molar-refractivity contribution < 1.29 is 0 Å². The molecule has 0 fully saturated rings. The van der Waals surface area contributed by atoms with Gasteiger partial charge in [-0.3, -0.25) is 0 Å². The molecule has 0 saturated carbocycles. The lowest BCUT2D eigenvalue weighted by molar-refractivity contribution is 0.390. The Hall–Kier alpha value is 0.350. The van der Waals surface area contributed by atoms with Crippen LogP contribution in [-0.4, -0.2) is 11.0 Å². The summed E-state index contributed by atoms with van der Waals surface area (Å²) in [7, 11) is 0. The third kappa shape index (κ3) is 7.02. The molecule has 0 N–H and O–H groups in total. The summed E-state index contributed by atoms with van der Waals surface area (Å²) in [6.45, 7) is 11.6. The second-order valence-electron chi connectivity index (χ2n) is 4.28. The van der Waals surface area contributed by atoms with Crippen molar-refractivity contribution in [2.75, 3.05) is 5.75 Å². The lowest BCUT2D eigenvalue weighted by Crippen LogP contribution is -2.04. The summed E-state index contributed by atoms with van der Waals surface area (Å²) in [5, 5.41) is 0.805. The molecule has 0 rings (SSSR count). The molecule has 0 aliphatic heterocycles. The first-order valence-corrected chi connectivity index (χ1v) is 6.20. The van der Waals surface area contributed by atoms with Gasteiger partial charge in [-0.25, -0.2) is 0 Å². The summed E-state index contributed by atoms with van der Waals surface area (Å²) in [6, 6.07) is 0. The maximum absolute atomic E-state index is 2.37. The maximum atomic E-state index is 2.37. The SMILES string of the molecule is CC(C)SCCC[C@H](C)C(C)C. The molecule has 0 aromatic rings. The molecule has 0 aromatic heterocycles. The maximum Gasteiger partial charge on any atom is -0.000968 e. The largest absolute Gasteiger partial charge is 0.159 e. The summed E-state index contributed by atoms with van der Waals surface area (Å²) < 4.78 is 0. The molecule has 0 saturated heterocycles. The van der Waals surface area contributed by atoms with Gasteiger partial charge in [-0.15, -0.1) is 0 Å². The standard InChI is InChI=1S/C11H24S/c1-9(2)11(5)7-6-8-12-10(3)4/h9-11H,6-8H2,1-5H3/t11-/m0/s1. The molecule has 0 amide bonds. The van der Waals surface area contributed by atoms with Crippen molar-refractivity contribution in [1.82, 2.24) is 0 Å². The van der Waals surface area contributed by atoms with Crippen LogP contribution in [0.25, 0.3) is 0 Å². The Bertz CT molecular complexity index is 97.2. The fourth-order valence-electron chi connectivity index (χ4n) is 1.06. The smallest absolute Gasteiger partial charge is 0.000968 e. The Kier molecular flexibility index (Phi) is 7.02. The molecular formula is C11H24S. The van der Waals surface area contributed by atoms with E-state index in [1.807, 2.05) is 0 Å². The summed E-state index contributed by atoms with van der Waals surface area (Å²) >= 11 is 2.08. The summed E-state index contributed by atoms with van der Waals surface area (Å²) in [5.74, 6) is 3.10. The van der Waals surface area contributed by atoms with E-state index in [9.17, 15) is 0 Å². The lowest BCUT2D eigenvalue weighted by Gasteiger charge is -2.15. The van der Waals surface area contributed by atoms with E-state index in [0.717, 1.165) is 17.1 Å². The van der Waals surface area contributed by atoms with Crippen LogP contribution in [-0.2, 0) is 0 Å². The van der Waals surface area contributed by atoms with Crippen molar-refractivity contribution in [3.8, 4) is 0 Å².